The average Bonchev–Trinajstić information content (AvgIpc) is 2.63. The summed E-state index contributed by atoms with van der Waals surface area (Å²) in [5.74, 6) is 0.849. The number of aromatic nitrogens is 3. The molecule has 0 saturated heterocycles. The van der Waals surface area contributed by atoms with Crippen molar-refractivity contribution in [3.8, 4) is 0 Å². The van der Waals surface area contributed by atoms with Crippen molar-refractivity contribution in [1.29, 1.82) is 0 Å². The molecule has 1 aromatic rings. The van der Waals surface area contributed by atoms with Crippen molar-refractivity contribution in [3.05, 3.63) is 18.0 Å². The second-order valence-corrected chi connectivity index (χ2v) is 5.59. The van der Waals surface area contributed by atoms with Crippen LogP contribution in [0.3, 0.4) is 0 Å². The van der Waals surface area contributed by atoms with E-state index >= 15 is 0 Å². The van der Waals surface area contributed by atoms with Gasteiger partial charge in [-0.2, -0.15) is 0 Å². The Morgan fingerprint density at radius 1 is 1.41 bits per heavy atom. The fourth-order valence-corrected chi connectivity index (χ4v) is 3.08. The minimum Gasteiger partial charge on any atom is -0.324 e. The summed E-state index contributed by atoms with van der Waals surface area (Å²) in [5.41, 5.74) is 5.60. The maximum Gasteiger partial charge on any atom is 0.191 e. The van der Waals surface area contributed by atoms with E-state index in [-0.39, 0.29) is 0 Å². The molecule has 1 atom stereocenters. The van der Waals surface area contributed by atoms with Crippen LogP contribution in [0.5, 0.6) is 0 Å². The summed E-state index contributed by atoms with van der Waals surface area (Å²) in [7, 11) is 1.98. The highest BCUT2D eigenvalue weighted by Gasteiger charge is 2.14. The minimum absolute atomic E-state index is 0.449. The van der Waals surface area contributed by atoms with E-state index in [1.54, 1.807) is 11.8 Å². The fourth-order valence-electron chi connectivity index (χ4n) is 1.99. The van der Waals surface area contributed by atoms with Crippen LogP contribution in [0.25, 0.3) is 0 Å². The topological polar surface area (TPSA) is 56.7 Å². The lowest BCUT2D eigenvalue weighted by atomic mass is 10.1. The number of hydrogen-bond donors (Lipinski definition) is 1. The molecule has 1 heterocycles. The van der Waals surface area contributed by atoms with Gasteiger partial charge < -0.3 is 10.3 Å². The van der Waals surface area contributed by atoms with Crippen LogP contribution in [0.2, 0.25) is 0 Å². The van der Waals surface area contributed by atoms with Crippen molar-refractivity contribution >= 4 is 11.8 Å². The van der Waals surface area contributed by atoms with Gasteiger partial charge in [0.25, 0.3) is 0 Å². The largest absolute Gasteiger partial charge is 0.324 e. The molecule has 94 valence electrons. The third-order valence-electron chi connectivity index (χ3n) is 3.07. The summed E-state index contributed by atoms with van der Waals surface area (Å²) in [5, 5.41) is 9.79. The van der Waals surface area contributed by atoms with Gasteiger partial charge in [0.1, 0.15) is 5.82 Å². The standard InChI is InChI=1S/C12H20N4S/c1-16-11(9-13)14-15-12(16)17-10-7-5-3-2-4-6-8-10/h5,7,10H,2-4,6,8-9,13H2,1H3/b7-5+. The van der Waals surface area contributed by atoms with E-state index in [9.17, 15) is 0 Å². The Morgan fingerprint density at radius 3 is 3.06 bits per heavy atom. The van der Waals surface area contributed by atoms with Gasteiger partial charge in [0.05, 0.1) is 6.54 Å². The van der Waals surface area contributed by atoms with Crippen molar-refractivity contribution in [2.24, 2.45) is 12.8 Å². The van der Waals surface area contributed by atoms with Gasteiger partial charge in [-0.25, -0.2) is 0 Å². The van der Waals surface area contributed by atoms with Crippen molar-refractivity contribution < 1.29 is 0 Å². The first-order valence-electron chi connectivity index (χ1n) is 6.23. The van der Waals surface area contributed by atoms with Gasteiger partial charge in [-0.3, -0.25) is 0 Å². The molecule has 1 aliphatic carbocycles. The highest BCUT2D eigenvalue weighted by atomic mass is 32.2. The summed E-state index contributed by atoms with van der Waals surface area (Å²) < 4.78 is 2.00. The minimum atomic E-state index is 0.449. The zero-order chi connectivity index (χ0) is 12.1. The normalized spacial score (nSPS) is 23.1. The predicted octanol–water partition coefficient (Wildman–Crippen LogP) is 2.25. The lowest BCUT2D eigenvalue weighted by molar-refractivity contribution is 0.641. The van der Waals surface area contributed by atoms with Crippen LogP contribution >= 0.6 is 11.8 Å². The van der Waals surface area contributed by atoms with E-state index < -0.39 is 0 Å². The lowest BCUT2D eigenvalue weighted by Crippen LogP contribution is -2.07. The molecule has 17 heavy (non-hydrogen) atoms. The molecule has 2 N–H and O–H groups in total. The quantitative estimate of drug-likeness (QED) is 0.838. The number of hydrogen-bond acceptors (Lipinski definition) is 4. The van der Waals surface area contributed by atoms with Gasteiger partial charge in [0.15, 0.2) is 5.16 Å². The molecule has 0 saturated carbocycles. The predicted molar refractivity (Wildman–Crippen MR) is 70.8 cm³/mol. The highest BCUT2D eigenvalue weighted by Crippen LogP contribution is 2.28. The molecular weight excluding hydrogens is 232 g/mol. The Labute approximate surface area is 107 Å². The molecule has 0 radical (unpaired) electrons. The van der Waals surface area contributed by atoms with Gasteiger partial charge in [-0.05, 0) is 19.3 Å². The summed E-state index contributed by atoms with van der Waals surface area (Å²) in [6.07, 6.45) is 11.0. The Balaban J connectivity index is 2.03. The van der Waals surface area contributed by atoms with E-state index in [1.807, 2.05) is 11.6 Å². The van der Waals surface area contributed by atoms with Crippen LogP contribution in [-0.4, -0.2) is 20.0 Å². The van der Waals surface area contributed by atoms with Gasteiger partial charge >= 0.3 is 0 Å². The Morgan fingerprint density at radius 2 is 2.29 bits per heavy atom. The van der Waals surface area contributed by atoms with E-state index in [0.717, 1.165) is 11.0 Å². The van der Waals surface area contributed by atoms with Gasteiger partial charge in [0.2, 0.25) is 0 Å². The molecule has 0 bridgehead atoms. The first-order chi connectivity index (χ1) is 8.31. The summed E-state index contributed by atoms with van der Waals surface area (Å²) >= 11 is 1.80. The highest BCUT2D eigenvalue weighted by molar-refractivity contribution is 7.99. The van der Waals surface area contributed by atoms with Crippen LogP contribution < -0.4 is 5.73 Å². The smallest absolute Gasteiger partial charge is 0.191 e. The second-order valence-electron chi connectivity index (χ2n) is 4.38. The number of allylic oxidation sites excluding steroid dienone is 1. The van der Waals surface area contributed by atoms with Crippen molar-refractivity contribution in [2.45, 2.75) is 49.1 Å². The second kappa shape index (κ2) is 6.21. The molecule has 0 spiro atoms. The molecule has 0 aliphatic heterocycles. The SMILES string of the molecule is Cn1c(CN)nnc1SC1/C=C/CCCCC1. The van der Waals surface area contributed by atoms with Crippen LogP contribution in [0.4, 0.5) is 0 Å². The van der Waals surface area contributed by atoms with Gasteiger partial charge in [0, 0.05) is 12.3 Å². The monoisotopic (exact) mass is 252 g/mol. The molecule has 1 unspecified atom stereocenters. The Hall–Kier alpha value is -0.810. The molecule has 4 nitrogen and oxygen atoms in total. The molecule has 5 heteroatoms. The number of nitrogens with zero attached hydrogens (tertiary/aromatic N) is 3. The summed E-state index contributed by atoms with van der Waals surface area (Å²) in [4.78, 5) is 0. The number of thioether (sulfide) groups is 1. The zero-order valence-corrected chi connectivity index (χ0v) is 11.1. The first-order valence-corrected chi connectivity index (χ1v) is 7.11. The first kappa shape index (κ1) is 12.6. The van der Waals surface area contributed by atoms with Crippen molar-refractivity contribution in [2.75, 3.05) is 0 Å². The van der Waals surface area contributed by atoms with Crippen LogP contribution in [0, 0.1) is 0 Å². The summed E-state index contributed by atoms with van der Waals surface area (Å²) in [6, 6.07) is 0. The lowest BCUT2D eigenvalue weighted by Gasteiger charge is -2.13. The van der Waals surface area contributed by atoms with Crippen LogP contribution in [0.1, 0.15) is 37.9 Å². The maximum atomic E-state index is 5.60. The van der Waals surface area contributed by atoms with Crippen molar-refractivity contribution in [1.82, 2.24) is 14.8 Å². The molecule has 0 fully saturated rings. The zero-order valence-electron chi connectivity index (χ0n) is 10.3. The van der Waals surface area contributed by atoms with Gasteiger partial charge in [-0.1, -0.05) is 36.8 Å². The Bertz CT molecular complexity index is 386. The van der Waals surface area contributed by atoms with Crippen LogP contribution in [0.15, 0.2) is 17.3 Å². The average molecular weight is 252 g/mol. The third kappa shape index (κ3) is 3.33. The molecule has 1 aliphatic rings. The maximum absolute atomic E-state index is 5.60. The Kier molecular flexibility index (Phi) is 4.62. The molecule has 0 aromatic carbocycles. The van der Waals surface area contributed by atoms with Crippen LogP contribution in [-0.2, 0) is 13.6 Å². The van der Waals surface area contributed by atoms with E-state index in [1.165, 1.54) is 32.1 Å². The molecular formula is C12H20N4S. The van der Waals surface area contributed by atoms with E-state index in [0.29, 0.717) is 11.8 Å². The molecule has 2 rings (SSSR count). The fraction of sp³-hybridized carbons (Fsp3) is 0.667. The van der Waals surface area contributed by atoms with E-state index in [2.05, 4.69) is 22.3 Å². The van der Waals surface area contributed by atoms with Gasteiger partial charge in [-0.15, -0.1) is 10.2 Å². The number of rotatable bonds is 3. The van der Waals surface area contributed by atoms with E-state index in [4.69, 9.17) is 5.73 Å². The number of nitrogens with two attached hydrogens (primary N) is 1. The molecule has 0 amide bonds. The molecule has 1 aromatic heterocycles. The van der Waals surface area contributed by atoms with Crippen molar-refractivity contribution in [3.63, 3.8) is 0 Å². The summed E-state index contributed by atoms with van der Waals surface area (Å²) in [6.45, 7) is 0.449. The third-order valence-corrected chi connectivity index (χ3v) is 4.34.